The molecule has 0 aliphatic heterocycles. The number of rotatable bonds is 2. The summed E-state index contributed by atoms with van der Waals surface area (Å²) in [5, 5.41) is 17.7. The molecule has 13 heteroatoms. The highest BCUT2D eigenvalue weighted by Crippen LogP contribution is 2.18. The molecule has 0 unspecified atom stereocenters. The minimum Gasteiger partial charge on any atom is -0.475 e. The minimum absolute atomic E-state index is 0.240. The van der Waals surface area contributed by atoms with Crippen LogP contribution in [0.5, 0.6) is 0 Å². The maximum Gasteiger partial charge on any atom is 0.490 e. The third-order valence-electron chi connectivity index (χ3n) is 3.19. The fraction of sp³-hybridized carbons (Fsp3) is 0.133. The predicted molar refractivity (Wildman–Crippen MR) is 95.7 cm³/mol. The van der Waals surface area contributed by atoms with Crippen LogP contribution in [0, 0.1) is 6.92 Å². The number of aryl methyl sites for hydroxylation is 1. The molecular weight excluding hydrogens is 449 g/mol. The summed E-state index contributed by atoms with van der Waals surface area (Å²) < 4.78 is 34.1. The quantitative estimate of drug-likeness (QED) is 0.534. The second kappa shape index (κ2) is 8.21. The van der Waals surface area contributed by atoms with Gasteiger partial charge in [0.05, 0.1) is 28.8 Å². The fourth-order valence-electron chi connectivity index (χ4n) is 1.89. The number of amides is 1. The molecule has 1 amide bonds. The number of hydrogen-bond donors (Lipinski definition) is 3. The van der Waals surface area contributed by atoms with E-state index in [1.165, 1.54) is 10.7 Å². The van der Waals surface area contributed by atoms with E-state index >= 15 is 0 Å². The molecule has 0 aliphatic rings. The topological polar surface area (TPSA) is 135 Å². The van der Waals surface area contributed by atoms with Crippen molar-refractivity contribution in [2.24, 2.45) is 0 Å². The Morgan fingerprint density at radius 3 is 2.57 bits per heavy atom. The molecule has 0 aliphatic carbocycles. The van der Waals surface area contributed by atoms with E-state index in [4.69, 9.17) is 15.6 Å². The van der Waals surface area contributed by atoms with Crippen molar-refractivity contribution in [3.63, 3.8) is 0 Å². The maximum absolute atomic E-state index is 12.3. The Morgan fingerprint density at radius 2 is 1.96 bits per heavy atom. The summed E-state index contributed by atoms with van der Waals surface area (Å²) in [4.78, 5) is 25.3. The molecule has 0 atom stereocenters. The number of fused-ring (bicyclic) bond motifs is 1. The second-order valence-electron chi connectivity index (χ2n) is 5.27. The first-order valence-corrected chi connectivity index (χ1v) is 8.12. The first kappa shape index (κ1) is 21.1. The van der Waals surface area contributed by atoms with Crippen molar-refractivity contribution < 1.29 is 27.9 Å². The number of anilines is 2. The van der Waals surface area contributed by atoms with Crippen LogP contribution >= 0.6 is 15.9 Å². The van der Waals surface area contributed by atoms with Crippen LogP contribution < -0.4 is 11.1 Å². The fourth-order valence-corrected chi connectivity index (χ4v) is 2.22. The van der Waals surface area contributed by atoms with Crippen molar-refractivity contribution >= 4 is 44.7 Å². The second-order valence-corrected chi connectivity index (χ2v) is 6.19. The summed E-state index contributed by atoms with van der Waals surface area (Å²) in [6, 6.07) is 5.24. The molecule has 4 N–H and O–H groups in total. The van der Waals surface area contributed by atoms with Gasteiger partial charge in [0.2, 0.25) is 0 Å². The van der Waals surface area contributed by atoms with E-state index in [-0.39, 0.29) is 11.6 Å². The van der Waals surface area contributed by atoms with E-state index in [1.54, 1.807) is 25.3 Å². The number of carboxylic acid groups (broad SMARTS) is 1. The zero-order valence-corrected chi connectivity index (χ0v) is 15.6. The van der Waals surface area contributed by atoms with E-state index in [0.717, 1.165) is 4.47 Å². The number of carboxylic acids is 1. The number of nitrogens with two attached hydrogens (primary N) is 1. The molecule has 28 heavy (non-hydrogen) atoms. The van der Waals surface area contributed by atoms with Gasteiger partial charge in [0.25, 0.3) is 5.91 Å². The number of nitrogens with one attached hydrogen (secondary N) is 1. The number of carbonyl (C=O) groups excluding carboxylic acids is 1. The van der Waals surface area contributed by atoms with E-state index in [2.05, 4.69) is 36.5 Å². The zero-order valence-electron chi connectivity index (χ0n) is 14.0. The van der Waals surface area contributed by atoms with Crippen LogP contribution in [-0.2, 0) is 4.79 Å². The number of alkyl halides is 3. The van der Waals surface area contributed by atoms with Crippen LogP contribution in [-0.4, -0.2) is 43.0 Å². The van der Waals surface area contributed by atoms with Gasteiger partial charge in [-0.25, -0.2) is 9.31 Å². The van der Waals surface area contributed by atoms with Crippen molar-refractivity contribution in [2.75, 3.05) is 11.1 Å². The average molecular weight is 461 g/mol. The third-order valence-corrected chi connectivity index (χ3v) is 3.66. The third kappa shape index (κ3) is 5.16. The first-order valence-electron chi connectivity index (χ1n) is 7.33. The Kier molecular flexibility index (Phi) is 6.18. The first-order chi connectivity index (χ1) is 13.0. The van der Waals surface area contributed by atoms with Gasteiger partial charge in [-0.05, 0) is 41.1 Å². The Morgan fingerprint density at radius 1 is 1.32 bits per heavy atom. The molecule has 0 aromatic carbocycles. The number of aliphatic carboxylic acids is 1. The number of halogens is 4. The summed E-state index contributed by atoms with van der Waals surface area (Å²) in [5.74, 6) is -3.12. The molecule has 3 aromatic rings. The van der Waals surface area contributed by atoms with Crippen molar-refractivity contribution in [2.45, 2.75) is 13.1 Å². The molecular formula is C15H12BrF3N6O3. The molecule has 0 saturated heterocycles. The van der Waals surface area contributed by atoms with E-state index in [0.29, 0.717) is 22.6 Å². The number of pyridine rings is 2. The zero-order chi connectivity index (χ0) is 21.1. The molecule has 148 valence electrons. The highest BCUT2D eigenvalue weighted by atomic mass is 79.9. The summed E-state index contributed by atoms with van der Waals surface area (Å²) in [5.41, 5.74) is 8.24. The summed E-state index contributed by atoms with van der Waals surface area (Å²) in [6.07, 6.45) is -1.82. The molecule has 3 heterocycles. The van der Waals surface area contributed by atoms with Gasteiger partial charge in [-0.3, -0.25) is 9.78 Å². The van der Waals surface area contributed by atoms with Gasteiger partial charge >= 0.3 is 12.1 Å². The lowest BCUT2D eigenvalue weighted by atomic mass is 10.2. The highest BCUT2D eigenvalue weighted by molar-refractivity contribution is 9.10. The smallest absolute Gasteiger partial charge is 0.475 e. The van der Waals surface area contributed by atoms with Crippen molar-refractivity contribution in [3.05, 3.63) is 46.5 Å². The van der Waals surface area contributed by atoms with Gasteiger partial charge in [0, 0.05) is 10.7 Å². The Hall–Kier alpha value is -3.22. The summed E-state index contributed by atoms with van der Waals surface area (Å²) in [6.45, 7) is 1.79. The standard InChI is InChI=1S/C13H11BrN6O.C2HF3O2/c1-7-10(4-9(15)5-16-7)17-13(21)12-11-3-2-8(14)6-20(11)19-18-12;3-2(4,5)1(6)7/h2-6H,15H2,1H3,(H,17,21);(H,6,7). The van der Waals surface area contributed by atoms with Crippen LogP contribution in [0.4, 0.5) is 24.5 Å². The Bertz CT molecular complexity index is 1040. The molecule has 0 radical (unpaired) electrons. The predicted octanol–water partition coefficient (Wildman–Crippen LogP) is 2.66. The number of nitrogen functional groups attached to an aromatic ring is 1. The lowest BCUT2D eigenvalue weighted by Crippen LogP contribution is -2.21. The number of nitrogens with zero attached hydrogens (tertiary/aromatic N) is 4. The summed E-state index contributed by atoms with van der Waals surface area (Å²) in [7, 11) is 0. The largest absolute Gasteiger partial charge is 0.490 e. The van der Waals surface area contributed by atoms with E-state index in [9.17, 15) is 18.0 Å². The number of hydrogen-bond acceptors (Lipinski definition) is 6. The van der Waals surface area contributed by atoms with Gasteiger partial charge in [0.15, 0.2) is 5.69 Å². The molecule has 3 aromatic heterocycles. The van der Waals surface area contributed by atoms with E-state index < -0.39 is 12.1 Å². The molecule has 0 bridgehead atoms. The molecule has 3 rings (SSSR count). The van der Waals surface area contributed by atoms with Gasteiger partial charge in [-0.15, -0.1) is 5.10 Å². The minimum atomic E-state index is -5.08. The highest BCUT2D eigenvalue weighted by Gasteiger charge is 2.38. The van der Waals surface area contributed by atoms with Crippen LogP contribution in [0.2, 0.25) is 0 Å². The van der Waals surface area contributed by atoms with Crippen LogP contribution in [0.1, 0.15) is 16.2 Å². The van der Waals surface area contributed by atoms with Crippen molar-refractivity contribution in [1.82, 2.24) is 19.8 Å². The van der Waals surface area contributed by atoms with Gasteiger partial charge in [-0.1, -0.05) is 5.21 Å². The van der Waals surface area contributed by atoms with E-state index in [1.807, 2.05) is 6.07 Å². The Labute approximate surface area is 163 Å². The van der Waals surface area contributed by atoms with Crippen molar-refractivity contribution in [3.8, 4) is 0 Å². The summed E-state index contributed by atoms with van der Waals surface area (Å²) >= 11 is 3.34. The normalized spacial score (nSPS) is 10.9. The molecule has 0 spiro atoms. The monoisotopic (exact) mass is 460 g/mol. The average Bonchev–Trinajstić information content (AvgIpc) is 3.01. The van der Waals surface area contributed by atoms with Crippen molar-refractivity contribution in [1.29, 1.82) is 0 Å². The number of carbonyl (C=O) groups is 2. The SMILES string of the molecule is Cc1ncc(N)cc1NC(=O)c1nnn2cc(Br)ccc12.O=C(O)C(F)(F)F. The number of aromatic nitrogens is 4. The molecule has 9 nitrogen and oxygen atoms in total. The van der Waals surface area contributed by atoms with Gasteiger partial charge < -0.3 is 16.2 Å². The lowest BCUT2D eigenvalue weighted by molar-refractivity contribution is -0.192. The maximum atomic E-state index is 12.3. The van der Waals surface area contributed by atoms with Crippen LogP contribution in [0.15, 0.2) is 35.1 Å². The molecule has 0 saturated carbocycles. The van der Waals surface area contributed by atoms with Gasteiger partial charge in [-0.2, -0.15) is 13.2 Å². The van der Waals surface area contributed by atoms with Gasteiger partial charge in [0.1, 0.15) is 0 Å². The lowest BCUT2D eigenvalue weighted by Gasteiger charge is -2.07. The Balaban J connectivity index is 0.000000345. The molecule has 0 fully saturated rings. The van der Waals surface area contributed by atoms with Crippen LogP contribution in [0.3, 0.4) is 0 Å². The van der Waals surface area contributed by atoms with Crippen LogP contribution in [0.25, 0.3) is 5.52 Å².